The van der Waals surface area contributed by atoms with Crippen molar-refractivity contribution in [2.75, 3.05) is 6.54 Å². The molecule has 1 amide bonds. The van der Waals surface area contributed by atoms with Gasteiger partial charge in [0.15, 0.2) is 0 Å². The van der Waals surface area contributed by atoms with Crippen molar-refractivity contribution in [3.05, 3.63) is 40.7 Å². The maximum Gasteiger partial charge on any atom is 0.411 e. The molecule has 1 rings (SSSR count). The van der Waals surface area contributed by atoms with Gasteiger partial charge in [-0.05, 0) is 25.1 Å². The molecule has 0 aliphatic carbocycles. The molecule has 0 aliphatic rings. The molecule has 18 heavy (non-hydrogen) atoms. The Labute approximate surface area is 109 Å². The molecule has 0 saturated carbocycles. The minimum atomic E-state index is -1.21. The summed E-state index contributed by atoms with van der Waals surface area (Å²) in [6, 6.07) is 5.32. The van der Waals surface area contributed by atoms with Crippen LogP contribution in [0.5, 0.6) is 0 Å². The van der Waals surface area contributed by atoms with Gasteiger partial charge >= 0.3 is 6.09 Å². The lowest BCUT2D eigenvalue weighted by atomic mass is 10.1. The second-order valence-corrected chi connectivity index (χ2v) is 3.72. The highest BCUT2D eigenvalue weighted by Gasteiger charge is 2.19. The zero-order valence-corrected chi connectivity index (χ0v) is 10.3. The van der Waals surface area contributed by atoms with E-state index in [0.717, 1.165) is 23.1 Å². The highest BCUT2D eigenvalue weighted by atomic mass is 35.5. The van der Waals surface area contributed by atoms with Crippen molar-refractivity contribution >= 4 is 23.4 Å². The molecule has 0 unspecified atom stereocenters. The van der Waals surface area contributed by atoms with E-state index >= 15 is 0 Å². The lowest BCUT2D eigenvalue weighted by molar-refractivity contribution is 0.168. The van der Waals surface area contributed by atoms with Crippen LogP contribution in [0.25, 0.3) is 5.70 Å². The Morgan fingerprint density at radius 3 is 2.78 bits per heavy atom. The molecule has 0 aliphatic heterocycles. The first-order valence-corrected chi connectivity index (χ1v) is 5.44. The molecule has 0 radical (unpaired) electrons. The largest absolute Gasteiger partial charge is 0.465 e. The maximum atomic E-state index is 12.9. The second kappa shape index (κ2) is 6.03. The molecule has 0 spiro atoms. The fraction of sp³-hybridized carbons (Fsp3) is 0.167. The molecule has 0 heterocycles. The zero-order chi connectivity index (χ0) is 13.7. The van der Waals surface area contributed by atoms with Crippen LogP contribution in [0.15, 0.2) is 24.3 Å². The summed E-state index contributed by atoms with van der Waals surface area (Å²) in [5.74, 6) is -0.529. The van der Waals surface area contributed by atoms with E-state index < -0.39 is 11.9 Å². The smallest absolute Gasteiger partial charge is 0.411 e. The molecule has 4 nitrogen and oxygen atoms in total. The Hall–Kier alpha value is -2.06. The Morgan fingerprint density at radius 2 is 2.33 bits per heavy atom. The summed E-state index contributed by atoms with van der Waals surface area (Å²) in [7, 11) is 0. The average molecular weight is 269 g/mol. The van der Waals surface area contributed by atoms with Crippen molar-refractivity contribution < 1.29 is 14.3 Å². The fourth-order valence-electron chi connectivity index (χ4n) is 1.47. The number of hydrogen-bond donors (Lipinski definition) is 1. The standard InChI is InChI=1S/C12H10ClFN2O2/c1-2-16(12(17)18)11(5-6-15)9-4-3-8(14)7-10(9)13/h3-5,7H,2H2,1H3,(H,17,18)/b11-5-. The van der Waals surface area contributed by atoms with Gasteiger partial charge in [0, 0.05) is 18.2 Å². The van der Waals surface area contributed by atoms with E-state index in [9.17, 15) is 9.18 Å². The Balaban J connectivity index is 3.34. The molecule has 0 aromatic heterocycles. The van der Waals surface area contributed by atoms with Gasteiger partial charge in [0.2, 0.25) is 0 Å². The first-order chi connectivity index (χ1) is 8.51. The number of hydrogen-bond acceptors (Lipinski definition) is 2. The Bertz CT molecular complexity index is 537. The third-order valence-electron chi connectivity index (χ3n) is 2.25. The molecule has 1 N–H and O–H groups in total. The predicted molar refractivity (Wildman–Crippen MR) is 65.4 cm³/mol. The molecule has 1 aromatic rings. The lowest BCUT2D eigenvalue weighted by Gasteiger charge is -2.20. The number of nitrogens with zero attached hydrogens (tertiary/aromatic N) is 2. The molecule has 6 heteroatoms. The number of nitriles is 1. The van der Waals surface area contributed by atoms with Gasteiger partial charge < -0.3 is 5.11 Å². The van der Waals surface area contributed by atoms with E-state index in [0.29, 0.717) is 5.56 Å². The summed E-state index contributed by atoms with van der Waals surface area (Å²) in [6.45, 7) is 1.77. The SMILES string of the molecule is CCN(C(=O)O)/C(=C\C#N)c1ccc(F)cc1Cl. The number of halogens is 2. The summed E-state index contributed by atoms with van der Waals surface area (Å²) < 4.78 is 12.9. The summed E-state index contributed by atoms with van der Waals surface area (Å²) >= 11 is 5.86. The van der Waals surface area contributed by atoms with E-state index in [1.54, 1.807) is 13.0 Å². The molecule has 0 fully saturated rings. The predicted octanol–water partition coefficient (Wildman–Crippen LogP) is 3.34. The van der Waals surface area contributed by atoms with Crippen LogP contribution in [0.2, 0.25) is 5.02 Å². The van der Waals surface area contributed by atoms with Crippen molar-refractivity contribution in [1.29, 1.82) is 5.26 Å². The van der Waals surface area contributed by atoms with Crippen molar-refractivity contribution in [3.8, 4) is 6.07 Å². The van der Waals surface area contributed by atoms with Crippen molar-refractivity contribution in [1.82, 2.24) is 4.90 Å². The number of carbonyl (C=O) groups is 1. The molecular weight excluding hydrogens is 259 g/mol. The average Bonchev–Trinajstić information content (AvgIpc) is 2.28. The van der Waals surface area contributed by atoms with Gasteiger partial charge in [-0.2, -0.15) is 5.26 Å². The van der Waals surface area contributed by atoms with Gasteiger partial charge in [-0.25, -0.2) is 9.18 Å². The quantitative estimate of drug-likeness (QED) is 0.855. The van der Waals surface area contributed by atoms with Gasteiger partial charge in [0.05, 0.1) is 16.8 Å². The second-order valence-electron chi connectivity index (χ2n) is 3.31. The summed E-state index contributed by atoms with van der Waals surface area (Å²) in [5, 5.41) is 17.8. The number of rotatable bonds is 3. The Morgan fingerprint density at radius 1 is 1.67 bits per heavy atom. The molecule has 0 saturated heterocycles. The molecular formula is C12H10ClFN2O2. The maximum absolute atomic E-state index is 12.9. The normalized spacial score (nSPS) is 10.9. The van der Waals surface area contributed by atoms with E-state index in [4.69, 9.17) is 22.0 Å². The molecule has 94 valence electrons. The van der Waals surface area contributed by atoms with E-state index in [1.165, 1.54) is 6.07 Å². The summed E-state index contributed by atoms with van der Waals surface area (Å²) in [5.41, 5.74) is 0.418. The van der Waals surface area contributed by atoms with Crippen LogP contribution < -0.4 is 0 Å². The highest BCUT2D eigenvalue weighted by Crippen LogP contribution is 2.27. The third-order valence-corrected chi connectivity index (χ3v) is 2.56. The van der Waals surface area contributed by atoms with Crippen molar-refractivity contribution in [3.63, 3.8) is 0 Å². The molecule has 0 atom stereocenters. The molecule has 1 aromatic carbocycles. The van der Waals surface area contributed by atoms with Gasteiger partial charge in [0.25, 0.3) is 0 Å². The minimum absolute atomic E-state index is 0.0520. The first kappa shape index (κ1) is 14.0. The number of benzene rings is 1. The van der Waals surface area contributed by atoms with Crippen molar-refractivity contribution in [2.24, 2.45) is 0 Å². The van der Waals surface area contributed by atoms with Crippen LogP contribution in [-0.2, 0) is 0 Å². The first-order valence-electron chi connectivity index (χ1n) is 5.07. The number of carboxylic acid groups (broad SMARTS) is 1. The summed E-state index contributed by atoms with van der Waals surface area (Å²) in [6.07, 6.45) is -0.143. The van der Waals surface area contributed by atoms with E-state index in [2.05, 4.69) is 0 Å². The topological polar surface area (TPSA) is 64.3 Å². The number of amides is 1. The monoisotopic (exact) mass is 268 g/mol. The van der Waals surface area contributed by atoms with Gasteiger partial charge in [-0.3, -0.25) is 4.90 Å². The molecule has 0 bridgehead atoms. The van der Waals surface area contributed by atoms with Crippen LogP contribution >= 0.6 is 11.6 Å². The van der Waals surface area contributed by atoms with Crippen LogP contribution in [0.4, 0.5) is 9.18 Å². The van der Waals surface area contributed by atoms with Gasteiger partial charge in [-0.15, -0.1) is 0 Å². The van der Waals surface area contributed by atoms with Crippen LogP contribution in [0.3, 0.4) is 0 Å². The third kappa shape index (κ3) is 2.99. The lowest BCUT2D eigenvalue weighted by Crippen LogP contribution is -2.27. The fourth-order valence-corrected chi connectivity index (χ4v) is 1.73. The highest BCUT2D eigenvalue weighted by molar-refractivity contribution is 6.32. The van der Waals surface area contributed by atoms with Crippen LogP contribution in [0.1, 0.15) is 12.5 Å². The van der Waals surface area contributed by atoms with Crippen LogP contribution in [-0.4, -0.2) is 22.6 Å². The Kier molecular flexibility index (Phi) is 4.69. The summed E-state index contributed by atoms with van der Waals surface area (Å²) in [4.78, 5) is 12.0. The van der Waals surface area contributed by atoms with Crippen LogP contribution in [0, 0.1) is 17.1 Å². The van der Waals surface area contributed by atoms with E-state index in [-0.39, 0.29) is 17.3 Å². The van der Waals surface area contributed by atoms with Gasteiger partial charge in [-0.1, -0.05) is 11.6 Å². The minimum Gasteiger partial charge on any atom is -0.465 e. The van der Waals surface area contributed by atoms with E-state index in [1.807, 2.05) is 0 Å². The van der Waals surface area contributed by atoms with Gasteiger partial charge in [0.1, 0.15) is 5.82 Å². The zero-order valence-electron chi connectivity index (χ0n) is 9.52. The number of allylic oxidation sites excluding steroid dienone is 1. The van der Waals surface area contributed by atoms with Crippen molar-refractivity contribution in [2.45, 2.75) is 6.92 Å².